The molecule has 142 valence electrons. The number of nitrogens with two attached hydrogens (primary N) is 1. The molecule has 0 bridgehead atoms. The Morgan fingerprint density at radius 1 is 1.27 bits per heavy atom. The van der Waals surface area contributed by atoms with Crippen LogP contribution in [0.25, 0.3) is 5.69 Å². The molecule has 2 aromatic rings. The standard InChI is InChI=1S/C19H26Cl2N4O/c1-12-15(9-18(26)24(5)11-19(3,4)10-22)13(2)25(23-12)14-6-7-16(20)17(21)8-14/h6-8H,9-11,22H2,1-5H3. The Balaban J connectivity index is 2.25. The van der Waals surface area contributed by atoms with Crippen molar-refractivity contribution in [2.75, 3.05) is 20.1 Å². The van der Waals surface area contributed by atoms with E-state index < -0.39 is 0 Å². The summed E-state index contributed by atoms with van der Waals surface area (Å²) in [5.41, 5.74) is 9.15. The molecular weight excluding hydrogens is 371 g/mol. The lowest BCUT2D eigenvalue weighted by Crippen LogP contribution is -2.40. The van der Waals surface area contributed by atoms with E-state index in [-0.39, 0.29) is 11.3 Å². The number of hydrogen-bond acceptors (Lipinski definition) is 3. The molecule has 0 aliphatic heterocycles. The van der Waals surface area contributed by atoms with Gasteiger partial charge in [-0.05, 0) is 44.0 Å². The van der Waals surface area contributed by atoms with Crippen molar-refractivity contribution < 1.29 is 4.79 Å². The number of likely N-dealkylation sites (N-methyl/N-ethyl adjacent to an activating group) is 1. The summed E-state index contributed by atoms with van der Waals surface area (Å²) >= 11 is 12.1. The number of carbonyl (C=O) groups is 1. The van der Waals surface area contributed by atoms with Crippen molar-refractivity contribution in [2.45, 2.75) is 34.1 Å². The molecule has 2 rings (SSSR count). The minimum absolute atomic E-state index is 0.0476. The van der Waals surface area contributed by atoms with Crippen LogP contribution < -0.4 is 5.73 Å². The van der Waals surface area contributed by atoms with Gasteiger partial charge in [0.25, 0.3) is 0 Å². The molecule has 0 atom stereocenters. The molecular formula is C19H26Cl2N4O. The van der Waals surface area contributed by atoms with Crippen LogP contribution in [0.15, 0.2) is 18.2 Å². The van der Waals surface area contributed by atoms with Gasteiger partial charge in [-0.3, -0.25) is 4.79 Å². The van der Waals surface area contributed by atoms with Crippen molar-refractivity contribution >= 4 is 29.1 Å². The van der Waals surface area contributed by atoms with Crippen LogP contribution in [0.1, 0.15) is 30.8 Å². The van der Waals surface area contributed by atoms with Crippen molar-refractivity contribution in [3.8, 4) is 5.69 Å². The molecule has 0 radical (unpaired) electrons. The third-order valence-electron chi connectivity index (χ3n) is 4.56. The lowest BCUT2D eigenvalue weighted by Gasteiger charge is -2.29. The Morgan fingerprint density at radius 2 is 1.92 bits per heavy atom. The van der Waals surface area contributed by atoms with E-state index in [9.17, 15) is 4.79 Å². The zero-order valence-corrected chi connectivity index (χ0v) is 17.4. The molecule has 26 heavy (non-hydrogen) atoms. The molecule has 0 saturated heterocycles. The molecule has 2 N–H and O–H groups in total. The lowest BCUT2D eigenvalue weighted by molar-refractivity contribution is -0.130. The Kier molecular flexibility index (Phi) is 6.37. The van der Waals surface area contributed by atoms with E-state index in [0.717, 1.165) is 22.6 Å². The number of nitrogens with zero attached hydrogens (tertiary/aromatic N) is 3. The van der Waals surface area contributed by atoms with Crippen molar-refractivity contribution in [1.82, 2.24) is 14.7 Å². The fourth-order valence-electron chi connectivity index (χ4n) is 2.88. The highest BCUT2D eigenvalue weighted by Gasteiger charge is 2.23. The van der Waals surface area contributed by atoms with E-state index in [1.165, 1.54) is 0 Å². The number of carbonyl (C=O) groups excluding carboxylic acids is 1. The van der Waals surface area contributed by atoms with Crippen LogP contribution in [0.2, 0.25) is 10.0 Å². The highest BCUT2D eigenvalue weighted by molar-refractivity contribution is 6.42. The van der Waals surface area contributed by atoms with Crippen LogP contribution in [0, 0.1) is 19.3 Å². The van der Waals surface area contributed by atoms with Crippen molar-refractivity contribution in [3.63, 3.8) is 0 Å². The first-order valence-corrected chi connectivity index (χ1v) is 9.26. The predicted octanol–water partition coefficient (Wildman–Crippen LogP) is 3.78. The molecule has 0 fully saturated rings. The summed E-state index contributed by atoms with van der Waals surface area (Å²) in [7, 11) is 1.81. The Labute approximate surface area is 165 Å². The topological polar surface area (TPSA) is 64.2 Å². The Bertz CT molecular complexity index is 814. The molecule has 1 aromatic heterocycles. The normalized spacial score (nSPS) is 11.7. The van der Waals surface area contributed by atoms with E-state index in [1.807, 2.05) is 27.0 Å². The number of hydrogen-bond donors (Lipinski definition) is 1. The monoisotopic (exact) mass is 396 g/mol. The maximum Gasteiger partial charge on any atom is 0.226 e. The second kappa shape index (κ2) is 7.99. The maximum atomic E-state index is 12.7. The van der Waals surface area contributed by atoms with Gasteiger partial charge in [0, 0.05) is 24.8 Å². The average molecular weight is 397 g/mol. The molecule has 0 aliphatic carbocycles. The first-order chi connectivity index (χ1) is 12.1. The van der Waals surface area contributed by atoms with Crippen molar-refractivity contribution in [3.05, 3.63) is 45.2 Å². The van der Waals surface area contributed by atoms with E-state index in [1.54, 1.807) is 21.7 Å². The molecule has 5 nitrogen and oxygen atoms in total. The number of benzene rings is 1. The highest BCUT2D eigenvalue weighted by atomic mass is 35.5. The number of amides is 1. The van der Waals surface area contributed by atoms with Gasteiger partial charge in [0.15, 0.2) is 0 Å². The van der Waals surface area contributed by atoms with Gasteiger partial charge in [-0.25, -0.2) is 4.68 Å². The van der Waals surface area contributed by atoms with Crippen LogP contribution in [-0.4, -0.2) is 40.7 Å². The average Bonchev–Trinajstić information content (AvgIpc) is 2.85. The van der Waals surface area contributed by atoms with Gasteiger partial charge in [0.05, 0.1) is 27.8 Å². The van der Waals surface area contributed by atoms with Crippen molar-refractivity contribution in [1.29, 1.82) is 0 Å². The summed E-state index contributed by atoms with van der Waals surface area (Å²) in [5.74, 6) is 0.0476. The number of aromatic nitrogens is 2. The van der Waals surface area contributed by atoms with Gasteiger partial charge in [-0.1, -0.05) is 37.0 Å². The number of halogens is 2. The highest BCUT2D eigenvalue weighted by Crippen LogP contribution is 2.26. The Hall–Kier alpha value is -1.56. The third kappa shape index (κ3) is 4.58. The fraction of sp³-hybridized carbons (Fsp3) is 0.474. The molecule has 1 aromatic carbocycles. The molecule has 0 aliphatic rings. The summed E-state index contributed by atoms with van der Waals surface area (Å²) in [6.07, 6.45) is 0.302. The minimum Gasteiger partial charge on any atom is -0.345 e. The quantitative estimate of drug-likeness (QED) is 0.807. The summed E-state index contributed by atoms with van der Waals surface area (Å²) in [5, 5.41) is 5.55. The predicted molar refractivity (Wildman–Crippen MR) is 107 cm³/mol. The lowest BCUT2D eigenvalue weighted by atomic mass is 9.93. The van der Waals surface area contributed by atoms with E-state index in [0.29, 0.717) is 29.6 Å². The summed E-state index contributed by atoms with van der Waals surface area (Å²) in [6, 6.07) is 5.36. The molecule has 1 heterocycles. The Morgan fingerprint density at radius 3 is 2.50 bits per heavy atom. The molecule has 0 unspecified atom stereocenters. The van der Waals surface area contributed by atoms with Gasteiger partial charge in [0.1, 0.15) is 0 Å². The van der Waals surface area contributed by atoms with E-state index in [4.69, 9.17) is 28.9 Å². The van der Waals surface area contributed by atoms with E-state index >= 15 is 0 Å². The van der Waals surface area contributed by atoms with Crippen LogP contribution in [0.4, 0.5) is 0 Å². The van der Waals surface area contributed by atoms with Crippen LogP contribution in [0.5, 0.6) is 0 Å². The van der Waals surface area contributed by atoms with E-state index in [2.05, 4.69) is 18.9 Å². The molecule has 1 amide bonds. The van der Waals surface area contributed by atoms with Gasteiger partial charge < -0.3 is 10.6 Å². The number of aryl methyl sites for hydroxylation is 1. The first kappa shape index (κ1) is 20.7. The minimum atomic E-state index is -0.112. The SMILES string of the molecule is Cc1nn(-c2ccc(Cl)c(Cl)c2)c(C)c1CC(=O)N(C)CC(C)(C)CN. The van der Waals surface area contributed by atoms with Crippen molar-refractivity contribution in [2.24, 2.45) is 11.1 Å². The molecule has 7 heteroatoms. The smallest absolute Gasteiger partial charge is 0.226 e. The van der Waals surface area contributed by atoms with Gasteiger partial charge >= 0.3 is 0 Å². The zero-order valence-electron chi connectivity index (χ0n) is 15.9. The second-order valence-electron chi connectivity index (χ2n) is 7.45. The van der Waals surface area contributed by atoms with Gasteiger partial charge in [-0.15, -0.1) is 0 Å². The largest absolute Gasteiger partial charge is 0.345 e. The first-order valence-electron chi connectivity index (χ1n) is 8.50. The van der Waals surface area contributed by atoms with Crippen LogP contribution >= 0.6 is 23.2 Å². The molecule has 0 saturated carbocycles. The zero-order chi connectivity index (χ0) is 19.6. The van der Waals surface area contributed by atoms with Crippen LogP contribution in [0.3, 0.4) is 0 Å². The van der Waals surface area contributed by atoms with Gasteiger partial charge in [0.2, 0.25) is 5.91 Å². The number of rotatable bonds is 6. The third-order valence-corrected chi connectivity index (χ3v) is 5.30. The summed E-state index contributed by atoms with van der Waals surface area (Å²) in [4.78, 5) is 14.4. The maximum absolute atomic E-state index is 12.7. The van der Waals surface area contributed by atoms with Crippen LogP contribution in [-0.2, 0) is 11.2 Å². The molecule has 0 spiro atoms. The summed E-state index contributed by atoms with van der Waals surface area (Å²) < 4.78 is 1.80. The van der Waals surface area contributed by atoms with Gasteiger partial charge in [-0.2, -0.15) is 5.10 Å². The summed E-state index contributed by atoms with van der Waals surface area (Å²) in [6.45, 7) is 9.10. The second-order valence-corrected chi connectivity index (χ2v) is 8.27. The fourth-order valence-corrected chi connectivity index (χ4v) is 3.17.